The van der Waals surface area contributed by atoms with Crippen LogP contribution in [0.5, 0.6) is 0 Å². The van der Waals surface area contributed by atoms with Gasteiger partial charge in [-0.2, -0.15) is 0 Å². The number of hydrogen-bond donors (Lipinski definition) is 2. The van der Waals surface area contributed by atoms with Gasteiger partial charge in [0.1, 0.15) is 4.99 Å². The molecule has 0 aliphatic carbocycles. The first-order valence-electron chi connectivity index (χ1n) is 7.50. The van der Waals surface area contributed by atoms with Crippen molar-refractivity contribution in [1.82, 2.24) is 10.2 Å². The summed E-state index contributed by atoms with van der Waals surface area (Å²) >= 11 is 4.94. The second-order valence-corrected chi connectivity index (χ2v) is 5.97. The Hall–Kier alpha value is -1.46. The molecule has 5 heteroatoms. The molecule has 1 fully saturated rings. The number of amides is 1. The van der Waals surface area contributed by atoms with Crippen LogP contribution in [0.3, 0.4) is 0 Å². The standard InChI is InChI=1S/C16H23N3OS/c1-2-19-8-6-12(7-9-19)11-18-16(20)14-5-3-4-13(10-14)15(17)21/h3-5,10,12H,2,6-9,11H2,1H3,(H2,17,21)(H,18,20). The molecule has 0 unspecified atom stereocenters. The van der Waals surface area contributed by atoms with Gasteiger partial charge in [0.25, 0.3) is 5.91 Å². The molecule has 0 saturated carbocycles. The van der Waals surface area contributed by atoms with Gasteiger partial charge in [0.15, 0.2) is 0 Å². The summed E-state index contributed by atoms with van der Waals surface area (Å²) in [6, 6.07) is 7.16. The molecule has 0 bridgehead atoms. The Labute approximate surface area is 131 Å². The summed E-state index contributed by atoms with van der Waals surface area (Å²) in [5.74, 6) is 0.529. The number of nitrogens with two attached hydrogens (primary N) is 1. The van der Waals surface area contributed by atoms with Crippen LogP contribution >= 0.6 is 12.2 Å². The fraction of sp³-hybridized carbons (Fsp3) is 0.500. The number of hydrogen-bond acceptors (Lipinski definition) is 3. The first-order valence-corrected chi connectivity index (χ1v) is 7.91. The zero-order valence-electron chi connectivity index (χ0n) is 12.5. The minimum Gasteiger partial charge on any atom is -0.389 e. The number of likely N-dealkylation sites (tertiary alicyclic amines) is 1. The van der Waals surface area contributed by atoms with E-state index in [4.69, 9.17) is 18.0 Å². The molecule has 0 spiro atoms. The predicted octanol–water partition coefficient (Wildman–Crippen LogP) is 1.78. The molecular weight excluding hydrogens is 282 g/mol. The molecule has 1 saturated heterocycles. The molecule has 1 aromatic rings. The Morgan fingerprint density at radius 3 is 2.67 bits per heavy atom. The van der Waals surface area contributed by atoms with E-state index < -0.39 is 0 Å². The molecule has 0 atom stereocenters. The Morgan fingerprint density at radius 2 is 2.05 bits per heavy atom. The second-order valence-electron chi connectivity index (χ2n) is 5.53. The molecule has 3 N–H and O–H groups in total. The molecule has 1 aliphatic rings. The SMILES string of the molecule is CCN1CCC(CNC(=O)c2cccc(C(N)=S)c2)CC1. The average molecular weight is 305 g/mol. The van der Waals surface area contributed by atoms with Gasteiger partial charge in [-0.25, -0.2) is 0 Å². The van der Waals surface area contributed by atoms with Crippen molar-refractivity contribution in [2.24, 2.45) is 11.7 Å². The zero-order valence-corrected chi connectivity index (χ0v) is 13.3. The van der Waals surface area contributed by atoms with Crippen molar-refractivity contribution in [2.75, 3.05) is 26.2 Å². The van der Waals surface area contributed by atoms with Crippen molar-refractivity contribution in [3.8, 4) is 0 Å². The highest BCUT2D eigenvalue weighted by Crippen LogP contribution is 2.16. The number of rotatable bonds is 5. The maximum atomic E-state index is 12.2. The van der Waals surface area contributed by atoms with Gasteiger partial charge in [-0.1, -0.05) is 31.3 Å². The molecule has 0 radical (unpaired) electrons. The van der Waals surface area contributed by atoms with Gasteiger partial charge in [0.05, 0.1) is 0 Å². The Bertz CT molecular complexity index is 510. The highest BCUT2D eigenvalue weighted by Gasteiger charge is 2.18. The number of nitrogens with one attached hydrogen (secondary N) is 1. The number of piperidine rings is 1. The van der Waals surface area contributed by atoms with Crippen molar-refractivity contribution in [1.29, 1.82) is 0 Å². The van der Waals surface area contributed by atoms with Crippen LogP contribution < -0.4 is 11.1 Å². The van der Waals surface area contributed by atoms with Gasteiger partial charge < -0.3 is 16.0 Å². The number of thiocarbonyl (C=S) groups is 1. The first-order chi connectivity index (χ1) is 10.1. The van der Waals surface area contributed by atoms with Crippen molar-refractivity contribution in [3.05, 3.63) is 35.4 Å². The van der Waals surface area contributed by atoms with E-state index in [0.29, 0.717) is 16.5 Å². The van der Waals surface area contributed by atoms with Gasteiger partial charge in [0, 0.05) is 17.7 Å². The van der Waals surface area contributed by atoms with E-state index in [-0.39, 0.29) is 5.91 Å². The van der Waals surface area contributed by atoms with Gasteiger partial charge in [0.2, 0.25) is 0 Å². The fourth-order valence-corrected chi connectivity index (χ4v) is 2.79. The lowest BCUT2D eigenvalue weighted by atomic mass is 9.96. The lowest BCUT2D eigenvalue weighted by molar-refractivity contribution is 0.0937. The van der Waals surface area contributed by atoms with E-state index in [9.17, 15) is 4.79 Å². The van der Waals surface area contributed by atoms with E-state index >= 15 is 0 Å². The lowest BCUT2D eigenvalue weighted by Gasteiger charge is -2.31. The minimum atomic E-state index is -0.0500. The highest BCUT2D eigenvalue weighted by molar-refractivity contribution is 7.80. The Balaban J connectivity index is 1.85. The number of benzene rings is 1. The summed E-state index contributed by atoms with van der Waals surface area (Å²) in [4.78, 5) is 14.9. The fourth-order valence-electron chi connectivity index (χ4n) is 2.66. The summed E-state index contributed by atoms with van der Waals surface area (Å²) in [7, 11) is 0. The molecule has 114 valence electrons. The van der Waals surface area contributed by atoms with E-state index in [1.165, 1.54) is 0 Å². The monoisotopic (exact) mass is 305 g/mol. The van der Waals surface area contributed by atoms with Crippen molar-refractivity contribution >= 4 is 23.1 Å². The third kappa shape index (κ3) is 4.51. The topological polar surface area (TPSA) is 58.4 Å². The molecule has 1 aromatic carbocycles. The first kappa shape index (κ1) is 15.9. The van der Waals surface area contributed by atoms with Crippen LogP contribution in [0.4, 0.5) is 0 Å². The van der Waals surface area contributed by atoms with Crippen LogP contribution in [0, 0.1) is 5.92 Å². The summed E-state index contributed by atoms with van der Waals surface area (Å²) in [5, 5.41) is 3.03. The molecule has 21 heavy (non-hydrogen) atoms. The van der Waals surface area contributed by atoms with E-state index in [1.54, 1.807) is 12.1 Å². The largest absolute Gasteiger partial charge is 0.389 e. The summed E-state index contributed by atoms with van der Waals surface area (Å²) in [5.41, 5.74) is 6.94. The maximum absolute atomic E-state index is 12.2. The quantitative estimate of drug-likeness (QED) is 0.814. The van der Waals surface area contributed by atoms with Gasteiger partial charge in [-0.05, 0) is 50.5 Å². The highest BCUT2D eigenvalue weighted by atomic mass is 32.1. The van der Waals surface area contributed by atoms with E-state index in [0.717, 1.165) is 44.6 Å². The summed E-state index contributed by atoms with van der Waals surface area (Å²) in [6.45, 7) is 6.32. The van der Waals surface area contributed by atoms with Gasteiger partial charge in [-0.3, -0.25) is 4.79 Å². The lowest BCUT2D eigenvalue weighted by Crippen LogP contribution is -2.38. The van der Waals surface area contributed by atoms with Crippen LogP contribution in [-0.2, 0) is 0 Å². The number of carbonyl (C=O) groups excluding carboxylic acids is 1. The van der Waals surface area contributed by atoms with Crippen molar-refractivity contribution in [2.45, 2.75) is 19.8 Å². The molecule has 4 nitrogen and oxygen atoms in total. The van der Waals surface area contributed by atoms with Gasteiger partial charge >= 0.3 is 0 Å². The molecular formula is C16H23N3OS. The van der Waals surface area contributed by atoms with Crippen molar-refractivity contribution < 1.29 is 4.79 Å². The second kappa shape index (κ2) is 7.52. The van der Waals surface area contributed by atoms with Crippen LogP contribution in [0.2, 0.25) is 0 Å². The predicted molar refractivity (Wildman–Crippen MR) is 89.5 cm³/mol. The zero-order chi connectivity index (χ0) is 15.2. The van der Waals surface area contributed by atoms with Gasteiger partial charge in [-0.15, -0.1) is 0 Å². The molecule has 1 amide bonds. The molecule has 2 rings (SSSR count). The minimum absolute atomic E-state index is 0.0500. The number of nitrogens with zero attached hydrogens (tertiary/aromatic N) is 1. The summed E-state index contributed by atoms with van der Waals surface area (Å²) < 4.78 is 0. The third-order valence-corrected chi connectivity index (χ3v) is 4.35. The van der Waals surface area contributed by atoms with Crippen LogP contribution in [0.1, 0.15) is 35.7 Å². The van der Waals surface area contributed by atoms with Crippen LogP contribution in [0.15, 0.2) is 24.3 Å². The van der Waals surface area contributed by atoms with Crippen molar-refractivity contribution in [3.63, 3.8) is 0 Å². The van der Waals surface area contributed by atoms with E-state index in [1.807, 2.05) is 12.1 Å². The molecule has 1 aliphatic heterocycles. The normalized spacial score (nSPS) is 16.6. The summed E-state index contributed by atoms with van der Waals surface area (Å²) in [6.07, 6.45) is 2.31. The van der Waals surface area contributed by atoms with Crippen LogP contribution in [-0.4, -0.2) is 42.0 Å². The molecule has 1 heterocycles. The third-order valence-electron chi connectivity index (χ3n) is 4.11. The average Bonchev–Trinajstić information content (AvgIpc) is 2.53. The van der Waals surface area contributed by atoms with Crippen LogP contribution in [0.25, 0.3) is 0 Å². The smallest absolute Gasteiger partial charge is 0.251 e. The Morgan fingerprint density at radius 1 is 1.38 bits per heavy atom. The molecule has 0 aromatic heterocycles. The Kier molecular flexibility index (Phi) is 5.70. The van der Waals surface area contributed by atoms with E-state index in [2.05, 4.69) is 17.1 Å². The maximum Gasteiger partial charge on any atom is 0.251 e. The number of carbonyl (C=O) groups is 1.